The summed E-state index contributed by atoms with van der Waals surface area (Å²) < 4.78 is 0. The lowest BCUT2D eigenvalue weighted by Gasteiger charge is -2.33. The Bertz CT molecular complexity index is 1360. The lowest BCUT2D eigenvalue weighted by atomic mass is 9.94. The molecule has 2 aromatic heterocycles. The van der Waals surface area contributed by atoms with E-state index in [2.05, 4.69) is 50.5 Å². The Balaban J connectivity index is 1.26. The molecule has 5 heteroatoms. The number of carbonyl (C=O) groups excluding carboxylic acids is 1. The molecule has 0 saturated heterocycles. The highest BCUT2D eigenvalue weighted by atomic mass is 16.2. The second-order valence-electron chi connectivity index (χ2n) is 9.32. The van der Waals surface area contributed by atoms with Crippen molar-refractivity contribution in [2.45, 2.75) is 39.8 Å². The van der Waals surface area contributed by atoms with Crippen molar-refractivity contribution < 1.29 is 4.79 Å². The molecule has 1 atom stereocenters. The number of benzene rings is 2. The zero-order valence-corrected chi connectivity index (χ0v) is 20.5. The molecule has 1 aliphatic rings. The fourth-order valence-electron chi connectivity index (χ4n) is 4.70. The topological polar surface area (TPSA) is 58.1 Å². The number of pyridine rings is 2. The molecule has 1 N–H and O–H groups in total. The quantitative estimate of drug-likeness (QED) is 0.406. The van der Waals surface area contributed by atoms with Gasteiger partial charge >= 0.3 is 0 Å². The van der Waals surface area contributed by atoms with E-state index < -0.39 is 0 Å². The molecule has 1 unspecified atom stereocenters. The maximum absolute atomic E-state index is 13.1. The summed E-state index contributed by atoms with van der Waals surface area (Å²) >= 11 is 0. The second-order valence-corrected chi connectivity index (χ2v) is 9.32. The standard InChI is InChI=1S/C30H30N4O/c1-20-16-26(10-13-31-20)23-6-8-29(9-7-23)33-30(35)22(3)34-15-12-24-4-5-25(18-28(24)19-34)27-11-14-32-21(2)17-27/h4-11,13-14,16-18,22H,12,15,19H2,1-3H3,(H,33,35). The summed E-state index contributed by atoms with van der Waals surface area (Å²) in [5.74, 6) is 0.0156. The number of anilines is 1. The molecule has 5 nitrogen and oxygen atoms in total. The molecule has 0 radical (unpaired) electrons. The molecular weight excluding hydrogens is 432 g/mol. The highest BCUT2D eigenvalue weighted by Crippen LogP contribution is 2.28. The lowest BCUT2D eigenvalue weighted by molar-refractivity contribution is -0.121. The minimum absolute atomic E-state index is 0.0156. The van der Waals surface area contributed by atoms with Crippen molar-refractivity contribution in [3.05, 3.63) is 102 Å². The van der Waals surface area contributed by atoms with Crippen molar-refractivity contribution >= 4 is 11.6 Å². The van der Waals surface area contributed by atoms with Crippen molar-refractivity contribution in [1.82, 2.24) is 14.9 Å². The minimum Gasteiger partial charge on any atom is -0.325 e. The average Bonchev–Trinajstić information content (AvgIpc) is 2.88. The van der Waals surface area contributed by atoms with Gasteiger partial charge in [-0.1, -0.05) is 24.3 Å². The van der Waals surface area contributed by atoms with Gasteiger partial charge in [0, 0.05) is 42.6 Å². The van der Waals surface area contributed by atoms with E-state index in [9.17, 15) is 4.79 Å². The molecule has 1 aliphatic heterocycles. The summed E-state index contributed by atoms with van der Waals surface area (Å²) in [6.45, 7) is 7.62. The fourth-order valence-corrected chi connectivity index (χ4v) is 4.70. The number of rotatable bonds is 5. The summed E-state index contributed by atoms with van der Waals surface area (Å²) in [7, 11) is 0. The third-order valence-electron chi connectivity index (χ3n) is 6.79. The molecule has 2 aromatic carbocycles. The van der Waals surface area contributed by atoms with E-state index in [1.165, 1.54) is 22.3 Å². The lowest BCUT2D eigenvalue weighted by Crippen LogP contribution is -2.44. The van der Waals surface area contributed by atoms with E-state index in [0.29, 0.717) is 0 Å². The molecule has 0 fully saturated rings. The van der Waals surface area contributed by atoms with Gasteiger partial charge in [-0.05, 0) is 103 Å². The maximum Gasteiger partial charge on any atom is 0.241 e. The van der Waals surface area contributed by atoms with E-state index in [1.807, 2.05) is 69.6 Å². The predicted octanol–water partition coefficient (Wildman–Crippen LogP) is 5.81. The summed E-state index contributed by atoms with van der Waals surface area (Å²) in [6, 6.07) is 22.7. The number of aryl methyl sites for hydroxylation is 2. The molecular formula is C30H30N4O. The van der Waals surface area contributed by atoms with Crippen LogP contribution in [0.3, 0.4) is 0 Å². The summed E-state index contributed by atoms with van der Waals surface area (Å²) in [5, 5.41) is 3.10. The van der Waals surface area contributed by atoms with E-state index in [-0.39, 0.29) is 11.9 Å². The van der Waals surface area contributed by atoms with Crippen LogP contribution < -0.4 is 5.32 Å². The van der Waals surface area contributed by atoms with Crippen molar-refractivity contribution in [2.75, 3.05) is 11.9 Å². The number of hydrogen-bond acceptors (Lipinski definition) is 4. The van der Waals surface area contributed by atoms with Crippen LogP contribution >= 0.6 is 0 Å². The monoisotopic (exact) mass is 462 g/mol. The minimum atomic E-state index is -0.225. The van der Waals surface area contributed by atoms with Crippen molar-refractivity contribution in [2.24, 2.45) is 0 Å². The SMILES string of the molecule is Cc1cc(-c2ccc(NC(=O)C(C)N3CCc4ccc(-c5ccnc(C)c5)cc4C3)cc2)ccn1. The van der Waals surface area contributed by atoms with E-state index in [1.54, 1.807) is 0 Å². The smallest absolute Gasteiger partial charge is 0.241 e. The van der Waals surface area contributed by atoms with Crippen molar-refractivity contribution in [3.63, 3.8) is 0 Å². The normalized spacial score (nSPS) is 14.3. The Labute approximate surface area is 206 Å². The van der Waals surface area contributed by atoms with Crippen molar-refractivity contribution in [1.29, 1.82) is 0 Å². The van der Waals surface area contributed by atoms with E-state index in [0.717, 1.165) is 47.7 Å². The largest absolute Gasteiger partial charge is 0.325 e. The number of hydrogen-bond donors (Lipinski definition) is 1. The zero-order chi connectivity index (χ0) is 24.4. The van der Waals surface area contributed by atoms with E-state index in [4.69, 9.17) is 0 Å². The third kappa shape index (κ3) is 5.15. The van der Waals surface area contributed by atoms with Crippen LogP contribution in [0, 0.1) is 13.8 Å². The number of carbonyl (C=O) groups is 1. The Hall–Kier alpha value is -3.83. The van der Waals surface area contributed by atoms with Crippen LogP contribution in [-0.2, 0) is 17.8 Å². The maximum atomic E-state index is 13.1. The van der Waals surface area contributed by atoms with Gasteiger partial charge < -0.3 is 5.32 Å². The van der Waals surface area contributed by atoms with Crippen LogP contribution in [0.2, 0.25) is 0 Å². The molecule has 0 spiro atoms. The molecule has 3 heterocycles. The predicted molar refractivity (Wildman–Crippen MR) is 141 cm³/mol. The first-order chi connectivity index (χ1) is 17.0. The molecule has 0 bridgehead atoms. The van der Waals surface area contributed by atoms with Gasteiger partial charge in [0.25, 0.3) is 0 Å². The van der Waals surface area contributed by atoms with Crippen LogP contribution in [0.1, 0.15) is 29.4 Å². The molecule has 35 heavy (non-hydrogen) atoms. The first-order valence-electron chi connectivity index (χ1n) is 12.1. The van der Waals surface area contributed by atoms with Gasteiger partial charge in [0.05, 0.1) is 6.04 Å². The van der Waals surface area contributed by atoms with Crippen LogP contribution in [0.25, 0.3) is 22.3 Å². The first-order valence-corrected chi connectivity index (χ1v) is 12.1. The molecule has 176 valence electrons. The highest BCUT2D eigenvalue weighted by molar-refractivity contribution is 5.94. The van der Waals surface area contributed by atoms with Crippen LogP contribution in [0.5, 0.6) is 0 Å². The highest BCUT2D eigenvalue weighted by Gasteiger charge is 2.25. The van der Waals surface area contributed by atoms with E-state index >= 15 is 0 Å². The Morgan fingerprint density at radius 1 is 0.800 bits per heavy atom. The first kappa shape index (κ1) is 22.9. The van der Waals surface area contributed by atoms with Crippen LogP contribution in [-0.4, -0.2) is 33.4 Å². The van der Waals surface area contributed by atoms with Gasteiger partial charge in [0.15, 0.2) is 0 Å². The summed E-state index contributed by atoms with van der Waals surface area (Å²) in [5.41, 5.74) is 10.1. The van der Waals surface area contributed by atoms with Gasteiger partial charge in [0.1, 0.15) is 0 Å². The van der Waals surface area contributed by atoms with Gasteiger partial charge in [-0.3, -0.25) is 19.7 Å². The Morgan fingerprint density at radius 2 is 1.40 bits per heavy atom. The van der Waals surface area contributed by atoms with Crippen LogP contribution in [0.15, 0.2) is 79.1 Å². The van der Waals surface area contributed by atoms with Gasteiger partial charge in [-0.2, -0.15) is 0 Å². The van der Waals surface area contributed by atoms with Gasteiger partial charge in [0.2, 0.25) is 5.91 Å². The Morgan fingerprint density at radius 3 is 2.06 bits per heavy atom. The fraction of sp³-hybridized carbons (Fsp3) is 0.233. The van der Waals surface area contributed by atoms with Crippen LogP contribution in [0.4, 0.5) is 5.69 Å². The number of aromatic nitrogens is 2. The second kappa shape index (κ2) is 9.80. The van der Waals surface area contributed by atoms with Crippen molar-refractivity contribution in [3.8, 4) is 22.3 Å². The van der Waals surface area contributed by atoms with Gasteiger partial charge in [-0.25, -0.2) is 0 Å². The molecule has 1 amide bonds. The summed E-state index contributed by atoms with van der Waals surface area (Å²) in [4.78, 5) is 23.9. The average molecular weight is 463 g/mol. The number of fused-ring (bicyclic) bond motifs is 1. The number of amides is 1. The number of nitrogens with one attached hydrogen (secondary N) is 1. The molecule has 0 aliphatic carbocycles. The summed E-state index contributed by atoms with van der Waals surface area (Å²) in [6.07, 6.45) is 4.62. The third-order valence-corrected chi connectivity index (χ3v) is 6.79. The Kier molecular flexibility index (Phi) is 6.43. The van der Waals surface area contributed by atoms with Gasteiger partial charge in [-0.15, -0.1) is 0 Å². The zero-order valence-electron chi connectivity index (χ0n) is 20.5. The molecule has 0 saturated carbocycles. The molecule has 5 rings (SSSR count). The molecule has 4 aromatic rings. The number of nitrogens with zero attached hydrogens (tertiary/aromatic N) is 3.